The van der Waals surface area contributed by atoms with Crippen molar-refractivity contribution >= 4 is 11.8 Å². The summed E-state index contributed by atoms with van der Waals surface area (Å²) in [6.07, 6.45) is 8.22. The van der Waals surface area contributed by atoms with Crippen molar-refractivity contribution < 1.29 is 0 Å². The predicted octanol–water partition coefficient (Wildman–Crippen LogP) is 3.66. The van der Waals surface area contributed by atoms with Gasteiger partial charge in [-0.2, -0.15) is 5.10 Å². The van der Waals surface area contributed by atoms with E-state index in [1.54, 1.807) is 0 Å². The fourth-order valence-electron chi connectivity index (χ4n) is 2.91. The molecule has 0 radical (unpaired) electrons. The van der Waals surface area contributed by atoms with Gasteiger partial charge in [-0.25, -0.2) is 0 Å². The normalized spacial score (nSPS) is 17.2. The molecule has 3 nitrogen and oxygen atoms in total. The van der Waals surface area contributed by atoms with Gasteiger partial charge in [0.1, 0.15) is 0 Å². The summed E-state index contributed by atoms with van der Waals surface area (Å²) in [7, 11) is 0. The van der Waals surface area contributed by atoms with Gasteiger partial charge in [0.25, 0.3) is 0 Å². The van der Waals surface area contributed by atoms with Crippen molar-refractivity contribution in [3.63, 3.8) is 0 Å². The van der Waals surface area contributed by atoms with Crippen molar-refractivity contribution in [2.75, 3.05) is 5.75 Å². The molecule has 1 aliphatic carbocycles. The smallest absolute Gasteiger partial charge is 0.0640 e. The van der Waals surface area contributed by atoms with Crippen molar-refractivity contribution in [1.82, 2.24) is 9.78 Å². The Balaban J connectivity index is 1.49. The van der Waals surface area contributed by atoms with E-state index in [0.717, 1.165) is 17.9 Å². The Hall–Kier alpha value is -1.26. The van der Waals surface area contributed by atoms with Crippen LogP contribution >= 0.6 is 11.8 Å². The maximum absolute atomic E-state index is 6.25. The average Bonchev–Trinajstić information content (AvgIpc) is 3.17. The van der Waals surface area contributed by atoms with Crippen LogP contribution in [0.15, 0.2) is 47.5 Å². The van der Waals surface area contributed by atoms with Gasteiger partial charge in [0.05, 0.1) is 11.7 Å². The number of nitrogens with zero attached hydrogens (tertiary/aromatic N) is 2. The highest BCUT2D eigenvalue weighted by molar-refractivity contribution is 7.99. The number of aromatic nitrogens is 2. The molecule has 0 aliphatic heterocycles. The Bertz CT molecular complexity index is 546. The van der Waals surface area contributed by atoms with Gasteiger partial charge in [-0.3, -0.25) is 4.68 Å². The molecule has 1 aromatic carbocycles. The first-order chi connectivity index (χ1) is 10.3. The van der Waals surface area contributed by atoms with Crippen LogP contribution in [0.4, 0.5) is 0 Å². The second kappa shape index (κ2) is 7.14. The molecule has 2 N–H and O–H groups in total. The lowest BCUT2D eigenvalue weighted by atomic mass is 10.2. The van der Waals surface area contributed by atoms with Gasteiger partial charge < -0.3 is 5.73 Å². The van der Waals surface area contributed by atoms with Gasteiger partial charge >= 0.3 is 0 Å². The summed E-state index contributed by atoms with van der Waals surface area (Å²) < 4.78 is 2.15. The summed E-state index contributed by atoms with van der Waals surface area (Å²) in [5, 5.41) is 4.71. The van der Waals surface area contributed by atoms with Crippen LogP contribution in [0.3, 0.4) is 0 Å². The second-order valence-electron chi connectivity index (χ2n) is 5.81. The van der Waals surface area contributed by atoms with Gasteiger partial charge in [0.15, 0.2) is 0 Å². The minimum atomic E-state index is 0.155. The van der Waals surface area contributed by atoms with E-state index in [2.05, 4.69) is 41.2 Å². The van der Waals surface area contributed by atoms with E-state index in [9.17, 15) is 0 Å². The first kappa shape index (κ1) is 14.7. The molecule has 3 rings (SSSR count). The molecular formula is C17H23N3S. The minimum absolute atomic E-state index is 0.155. The number of hydrogen-bond donors (Lipinski definition) is 1. The zero-order chi connectivity index (χ0) is 14.5. The van der Waals surface area contributed by atoms with Crippen LogP contribution in [0, 0.1) is 0 Å². The van der Waals surface area contributed by atoms with Crippen molar-refractivity contribution in [3.8, 4) is 0 Å². The van der Waals surface area contributed by atoms with Crippen LogP contribution < -0.4 is 5.73 Å². The van der Waals surface area contributed by atoms with E-state index in [-0.39, 0.29) is 6.04 Å². The molecule has 1 aromatic heterocycles. The van der Waals surface area contributed by atoms with E-state index in [4.69, 9.17) is 10.8 Å². The molecule has 2 aromatic rings. The van der Waals surface area contributed by atoms with Gasteiger partial charge in [-0.05, 0) is 31.0 Å². The predicted molar refractivity (Wildman–Crippen MR) is 88.6 cm³/mol. The first-order valence-electron chi connectivity index (χ1n) is 7.79. The molecule has 1 heterocycles. The quantitative estimate of drug-likeness (QED) is 0.828. The lowest BCUT2D eigenvalue weighted by Gasteiger charge is -2.11. The lowest BCUT2D eigenvalue weighted by molar-refractivity contribution is 0.461. The highest BCUT2D eigenvalue weighted by Crippen LogP contribution is 2.28. The Labute approximate surface area is 130 Å². The van der Waals surface area contributed by atoms with Gasteiger partial charge in [-0.1, -0.05) is 31.0 Å². The van der Waals surface area contributed by atoms with Crippen LogP contribution in [-0.4, -0.2) is 21.6 Å². The molecule has 112 valence electrons. The van der Waals surface area contributed by atoms with Crippen LogP contribution in [0.2, 0.25) is 0 Å². The Morgan fingerprint density at radius 1 is 1.19 bits per heavy atom. The molecule has 1 aliphatic rings. The molecule has 1 saturated carbocycles. The molecule has 1 unspecified atom stereocenters. The molecular weight excluding hydrogens is 278 g/mol. The van der Waals surface area contributed by atoms with Crippen LogP contribution in [0.25, 0.3) is 0 Å². The average molecular weight is 301 g/mol. The zero-order valence-electron chi connectivity index (χ0n) is 12.3. The fourth-order valence-corrected chi connectivity index (χ4v) is 3.78. The highest BCUT2D eigenvalue weighted by atomic mass is 32.2. The van der Waals surface area contributed by atoms with E-state index >= 15 is 0 Å². The van der Waals surface area contributed by atoms with Gasteiger partial charge in [0, 0.05) is 29.3 Å². The standard InChI is InChI=1S/C17H23N3S/c18-14(13-21-17-8-2-1-3-9-17)12-15-10-11-20(19-15)16-6-4-5-7-16/h1-3,8-11,14,16H,4-7,12-13,18H2. The van der Waals surface area contributed by atoms with E-state index in [1.165, 1.54) is 30.6 Å². The third-order valence-corrected chi connectivity index (χ3v) is 5.24. The number of thioether (sulfide) groups is 1. The van der Waals surface area contributed by atoms with Crippen LogP contribution in [0.5, 0.6) is 0 Å². The number of nitrogens with two attached hydrogens (primary N) is 1. The van der Waals surface area contributed by atoms with Crippen molar-refractivity contribution in [2.24, 2.45) is 5.73 Å². The summed E-state index contributed by atoms with van der Waals surface area (Å²) in [6.45, 7) is 0. The first-order valence-corrected chi connectivity index (χ1v) is 8.77. The number of rotatable bonds is 6. The SMILES string of the molecule is NC(CSc1ccccc1)Cc1ccn(C2CCCC2)n1. The summed E-state index contributed by atoms with van der Waals surface area (Å²) in [6, 6.07) is 13.3. The van der Waals surface area contributed by atoms with E-state index in [1.807, 2.05) is 17.8 Å². The Morgan fingerprint density at radius 3 is 2.71 bits per heavy atom. The number of hydrogen-bond acceptors (Lipinski definition) is 3. The van der Waals surface area contributed by atoms with Crippen molar-refractivity contribution in [1.29, 1.82) is 0 Å². The van der Waals surface area contributed by atoms with Gasteiger partial charge in [0.2, 0.25) is 0 Å². The molecule has 4 heteroatoms. The number of benzene rings is 1. The third-order valence-electron chi connectivity index (χ3n) is 4.04. The Morgan fingerprint density at radius 2 is 1.95 bits per heavy atom. The summed E-state index contributed by atoms with van der Waals surface area (Å²) in [4.78, 5) is 1.28. The largest absolute Gasteiger partial charge is 0.327 e. The van der Waals surface area contributed by atoms with E-state index < -0.39 is 0 Å². The highest BCUT2D eigenvalue weighted by Gasteiger charge is 2.18. The molecule has 1 atom stereocenters. The molecule has 21 heavy (non-hydrogen) atoms. The minimum Gasteiger partial charge on any atom is -0.327 e. The third kappa shape index (κ3) is 4.11. The molecule has 0 spiro atoms. The fraction of sp³-hybridized carbons (Fsp3) is 0.471. The molecule has 0 saturated heterocycles. The maximum Gasteiger partial charge on any atom is 0.0640 e. The van der Waals surface area contributed by atoms with Crippen molar-refractivity contribution in [2.45, 2.75) is 49.1 Å². The molecule has 0 amide bonds. The summed E-state index contributed by atoms with van der Waals surface area (Å²) in [5.74, 6) is 0.931. The summed E-state index contributed by atoms with van der Waals surface area (Å²) >= 11 is 1.82. The topological polar surface area (TPSA) is 43.8 Å². The molecule has 1 fully saturated rings. The zero-order valence-corrected chi connectivity index (χ0v) is 13.1. The monoisotopic (exact) mass is 301 g/mol. The molecule has 0 bridgehead atoms. The van der Waals surface area contributed by atoms with Crippen LogP contribution in [-0.2, 0) is 6.42 Å². The summed E-state index contributed by atoms with van der Waals surface area (Å²) in [5.41, 5.74) is 7.37. The van der Waals surface area contributed by atoms with Crippen molar-refractivity contribution in [3.05, 3.63) is 48.3 Å². The lowest BCUT2D eigenvalue weighted by Crippen LogP contribution is -2.25. The van der Waals surface area contributed by atoms with Gasteiger partial charge in [-0.15, -0.1) is 11.8 Å². The Kier molecular flexibility index (Phi) is 4.99. The maximum atomic E-state index is 6.25. The second-order valence-corrected chi connectivity index (χ2v) is 6.91. The van der Waals surface area contributed by atoms with Crippen LogP contribution in [0.1, 0.15) is 37.4 Å². The van der Waals surface area contributed by atoms with E-state index in [0.29, 0.717) is 6.04 Å².